The lowest BCUT2D eigenvalue weighted by Gasteiger charge is -2.48. The van der Waals surface area contributed by atoms with E-state index in [-0.39, 0.29) is 30.4 Å². The number of hydrogen-bond donors (Lipinski definition) is 0. The van der Waals surface area contributed by atoms with Crippen LogP contribution in [0.2, 0.25) is 0 Å². The summed E-state index contributed by atoms with van der Waals surface area (Å²) in [5, 5.41) is 0. The van der Waals surface area contributed by atoms with Crippen LogP contribution < -0.4 is 9.47 Å². The van der Waals surface area contributed by atoms with Crippen LogP contribution in [0.4, 0.5) is 0 Å². The Morgan fingerprint density at radius 2 is 1.42 bits per heavy atom. The molecule has 1 aromatic rings. The molecule has 1 heterocycles. The third kappa shape index (κ3) is 5.15. The molecule has 1 aliphatic heterocycles. The molecule has 2 aliphatic carbocycles. The minimum absolute atomic E-state index is 0.0726. The fraction of sp³-hybridized carbons (Fsp3) is 0.704. The van der Waals surface area contributed by atoms with Crippen molar-refractivity contribution in [2.24, 2.45) is 5.92 Å². The first kappa shape index (κ1) is 23.9. The largest absolute Gasteiger partial charge is 0.493 e. The number of methoxy groups -OCH3 is 2. The van der Waals surface area contributed by atoms with Gasteiger partial charge in [-0.3, -0.25) is 9.59 Å². The number of rotatable bonds is 5. The van der Waals surface area contributed by atoms with E-state index in [0.29, 0.717) is 17.4 Å². The lowest BCUT2D eigenvalue weighted by atomic mass is 9.85. The van der Waals surface area contributed by atoms with Crippen LogP contribution in [0.25, 0.3) is 0 Å². The summed E-state index contributed by atoms with van der Waals surface area (Å²) in [6.45, 7) is 2.50. The molecule has 3 aliphatic rings. The molecule has 0 bridgehead atoms. The molecule has 1 aromatic carbocycles. The lowest BCUT2D eigenvalue weighted by Crippen LogP contribution is -2.61. The Morgan fingerprint density at radius 3 is 2.06 bits per heavy atom. The van der Waals surface area contributed by atoms with Crippen molar-refractivity contribution in [3.8, 4) is 11.5 Å². The van der Waals surface area contributed by atoms with Crippen molar-refractivity contribution < 1.29 is 19.1 Å². The Balaban J connectivity index is 1.69. The summed E-state index contributed by atoms with van der Waals surface area (Å²) in [7, 11) is 3.22. The predicted octanol–water partition coefficient (Wildman–Crippen LogP) is 5.11. The molecule has 182 valence electrons. The van der Waals surface area contributed by atoms with Gasteiger partial charge in [0.2, 0.25) is 5.91 Å². The van der Waals surface area contributed by atoms with Gasteiger partial charge in [0.15, 0.2) is 11.5 Å². The minimum Gasteiger partial charge on any atom is -0.493 e. The van der Waals surface area contributed by atoms with Crippen LogP contribution >= 0.6 is 0 Å². The first-order valence-electron chi connectivity index (χ1n) is 12.9. The molecule has 0 spiro atoms. The summed E-state index contributed by atoms with van der Waals surface area (Å²) < 4.78 is 11.0. The predicted molar refractivity (Wildman–Crippen MR) is 128 cm³/mol. The van der Waals surface area contributed by atoms with Gasteiger partial charge in [0.25, 0.3) is 5.91 Å². The van der Waals surface area contributed by atoms with Crippen molar-refractivity contribution in [3.05, 3.63) is 23.8 Å². The first-order valence-corrected chi connectivity index (χ1v) is 12.9. The van der Waals surface area contributed by atoms with Gasteiger partial charge in [-0.15, -0.1) is 0 Å². The van der Waals surface area contributed by atoms with Crippen LogP contribution in [0.1, 0.15) is 89.2 Å². The fourth-order valence-corrected chi connectivity index (χ4v) is 6.04. The van der Waals surface area contributed by atoms with Gasteiger partial charge in [0, 0.05) is 12.1 Å². The maximum Gasteiger partial charge on any atom is 0.250 e. The number of ether oxygens (including phenoxy) is 2. The Labute approximate surface area is 198 Å². The number of benzene rings is 1. The molecule has 3 fully saturated rings. The topological polar surface area (TPSA) is 59.1 Å². The zero-order valence-electron chi connectivity index (χ0n) is 20.6. The molecule has 1 unspecified atom stereocenters. The maximum absolute atomic E-state index is 14.1. The van der Waals surface area contributed by atoms with E-state index in [2.05, 4.69) is 6.92 Å². The van der Waals surface area contributed by atoms with Crippen LogP contribution in [0.15, 0.2) is 18.2 Å². The van der Waals surface area contributed by atoms with Gasteiger partial charge >= 0.3 is 0 Å². The summed E-state index contributed by atoms with van der Waals surface area (Å²) in [4.78, 5) is 31.6. The molecule has 6 nitrogen and oxygen atoms in total. The smallest absolute Gasteiger partial charge is 0.250 e. The number of carbonyl (C=O) groups is 2. The van der Waals surface area contributed by atoms with Gasteiger partial charge < -0.3 is 19.3 Å². The van der Waals surface area contributed by atoms with Crippen LogP contribution in [0, 0.1) is 5.92 Å². The number of hydrogen-bond acceptors (Lipinski definition) is 4. The number of amides is 2. The van der Waals surface area contributed by atoms with Crippen LogP contribution in [0.5, 0.6) is 11.5 Å². The number of carbonyl (C=O) groups excluding carboxylic acids is 2. The average molecular weight is 457 g/mol. The molecule has 33 heavy (non-hydrogen) atoms. The van der Waals surface area contributed by atoms with E-state index in [9.17, 15) is 9.59 Å². The molecule has 1 saturated heterocycles. The Morgan fingerprint density at radius 1 is 0.788 bits per heavy atom. The molecule has 2 saturated carbocycles. The van der Waals surface area contributed by atoms with E-state index >= 15 is 0 Å². The Kier molecular flexibility index (Phi) is 7.82. The van der Waals surface area contributed by atoms with Crippen molar-refractivity contribution in [2.75, 3.05) is 20.8 Å². The summed E-state index contributed by atoms with van der Waals surface area (Å²) in [5.41, 5.74) is 0.821. The van der Waals surface area contributed by atoms with Crippen LogP contribution in [0.3, 0.4) is 0 Å². The zero-order chi connectivity index (χ0) is 23.4. The molecular weight excluding hydrogens is 416 g/mol. The van der Waals surface area contributed by atoms with Crippen molar-refractivity contribution in [3.63, 3.8) is 0 Å². The van der Waals surface area contributed by atoms with E-state index in [1.807, 2.05) is 28.0 Å². The molecule has 4 rings (SSSR count). The minimum atomic E-state index is -0.588. The Bertz CT molecular complexity index is 825. The summed E-state index contributed by atoms with van der Waals surface area (Å²) >= 11 is 0. The van der Waals surface area contributed by atoms with Crippen molar-refractivity contribution in [1.29, 1.82) is 0 Å². The highest BCUT2D eigenvalue weighted by atomic mass is 16.5. The first-order chi connectivity index (χ1) is 16.0. The lowest BCUT2D eigenvalue weighted by molar-refractivity contribution is -0.162. The van der Waals surface area contributed by atoms with E-state index in [1.54, 1.807) is 14.2 Å². The van der Waals surface area contributed by atoms with Crippen molar-refractivity contribution in [1.82, 2.24) is 9.80 Å². The molecule has 0 N–H and O–H groups in total. The molecular formula is C27H40N2O4. The zero-order valence-corrected chi connectivity index (χ0v) is 20.6. The normalized spacial score (nSPS) is 27.8. The van der Waals surface area contributed by atoms with Gasteiger partial charge in [0.1, 0.15) is 12.6 Å². The highest BCUT2D eigenvalue weighted by Crippen LogP contribution is 2.39. The highest BCUT2D eigenvalue weighted by molar-refractivity contribution is 5.96. The van der Waals surface area contributed by atoms with E-state index in [4.69, 9.17) is 9.47 Å². The molecule has 2 amide bonds. The second-order valence-electron chi connectivity index (χ2n) is 10.2. The quantitative estimate of drug-likeness (QED) is 0.618. The van der Waals surface area contributed by atoms with E-state index in [0.717, 1.165) is 56.9 Å². The van der Waals surface area contributed by atoms with Crippen molar-refractivity contribution in [2.45, 2.75) is 95.7 Å². The maximum atomic E-state index is 14.1. The second-order valence-corrected chi connectivity index (χ2v) is 10.2. The molecule has 0 aromatic heterocycles. The third-order valence-electron chi connectivity index (χ3n) is 8.01. The number of piperazine rings is 1. The van der Waals surface area contributed by atoms with Gasteiger partial charge in [-0.1, -0.05) is 45.1 Å². The molecule has 6 heteroatoms. The third-order valence-corrected chi connectivity index (χ3v) is 8.01. The molecule has 0 radical (unpaired) electrons. The summed E-state index contributed by atoms with van der Waals surface area (Å²) in [5.74, 6) is 2.09. The van der Waals surface area contributed by atoms with Gasteiger partial charge in [-0.25, -0.2) is 0 Å². The number of nitrogens with zero attached hydrogens (tertiary/aromatic N) is 2. The standard InChI is InChI=1S/C27H40N2O4/c1-19-11-14-21(15-12-19)28-18-25(30)29(22-9-7-5-4-6-8-10-22)26(27(28)31)20-13-16-23(32-2)24(17-20)33-3/h13,16-17,19,21-22,26H,4-12,14-15,18H2,1-3H3. The van der Waals surface area contributed by atoms with E-state index in [1.165, 1.54) is 19.3 Å². The Hall–Kier alpha value is -2.24. The monoisotopic (exact) mass is 456 g/mol. The van der Waals surface area contributed by atoms with Crippen LogP contribution in [-0.4, -0.2) is 54.5 Å². The van der Waals surface area contributed by atoms with Gasteiger partial charge in [-0.05, 0) is 62.1 Å². The van der Waals surface area contributed by atoms with Crippen LogP contribution in [-0.2, 0) is 9.59 Å². The summed E-state index contributed by atoms with van der Waals surface area (Å²) in [6, 6.07) is 5.36. The van der Waals surface area contributed by atoms with Gasteiger partial charge in [-0.2, -0.15) is 0 Å². The SMILES string of the molecule is COc1ccc(C2C(=O)N(C3CCC(C)CC3)CC(=O)N2C2CCCCCCC2)cc1OC. The molecule has 1 atom stereocenters. The van der Waals surface area contributed by atoms with E-state index < -0.39 is 6.04 Å². The second kappa shape index (κ2) is 10.8. The van der Waals surface area contributed by atoms with Crippen molar-refractivity contribution >= 4 is 11.8 Å². The van der Waals surface area contributed by atoms with Gasteiger partial charge in [0.05, 0.1) is 14.2 Å². The summed E-state index contributed by atoms with van der Waals surface area (Å²) in [6.07, 6.45) is 12.1. The highest BCUT2D eigenvalue weighted by Gasteiger charge is 2.45. The average Bonchev–Trinajstić information content (AvgIpc) is 2.80. The fourth-order valence-electron chi connectivity index (χ4n) is 6.04.